The Morgan fingerprint density at radius 1 is 1.33 bits per heavy atom. The first-order valence-corrected chi connectivity index (χ1v) is 9.60. The quantitative estimate of drug-likeness (QED) is 0.744. The molecule has 0 aliphatic carbocycles. The number of benzene rings is 1. The molecule has 0 amide bonds. The van der Waals surface area contributed by atoms with E-state index in [0.29, 0.717) is 31.6 Å². The number of anilines is 1. The highest BCUT2D eigenvalue weighted by Crippen LogP contribution is 2.29. The van der Waals surface area contributed by atoms with Gasteiger partial charge in [-0.05, 0) is 37.8 Å². The van der Waals surface area contributed by atoms with E-state index < -0.39 is 29.3 Å². The van der Waals surface area contributed by atoms with Gasteiger partial charge in [-0.2, -0.15) is 10.2 Å². The van der Waals surface area contributed by atoms with Crippen LogP contribution in [0.1, 0.15) is 49.9 Å². The van der Waals surface area contributed by atoms with Crippen LogP contribution in [0.15, 0.2) is 33.9 Å². The molecular formula is C20H23F2N5O3. The van der Waals surface area contributed by atoms with E-state index in [0.717, 1.165) is 4.57 Å². The fraction of sp³-hybridized carbons (Fsp3) is 0.500. The number of ether oxygens (including phenoxy) is 1. The van der Waals surface area contributed by atoms with Gasteiger partial charge in [-0.3, -0.25) is 4.98 Å². The summed E-state index contributed by atoms with van der Waals surface area (Å²) < 4.78 is 33.8. The van der Waals surface area contributed by atoms with Crippen molar-refractivity contribution in [2.75, 3.05) is 18.5 Å². The first-order chi connectivity index (χ1) is 14.2. The van der Waals surface area contributed by atoms with Gasteiger partial charge in [-0.15, -0.1) is 0 Å². The van der Waals surface area contributed by atoms with Crippen molar-refractivity contribution in [1.29, 1.82) is 5.26 Å². The van der Waals surface area contributed by atoms with Gasteiger partial charge in [0, 0.05) is 19.3 Å². The van der Waals surface area contributed by atoms with Gasteiger partial charge in [-0.25, -0.2) is 22.9 Å². The summed E-state index contributed by atoms with van der Waals surface area (Å²) >= 11 is 0. The van der Waals surface area contributed by atoms with Crippen LogP contribution >= 0.6 is 0 Å². The molecule has 1 aliphatic rings. The van der Waals surface area contributed by atoms with Crippen molar-refractivity contribution in [2.45, 2.75) is 50.6 Å². The monoisotopic (exact) mass is 419 g/mol. The standard InChI is InChI=1S/C20H23F2N5O3/c1-20(2,11-23)13-5-3-4-12(10-13)15(16(21)22)24-17-25-18(28)27(19(29)26-17)14-6-8-30-9-7-14/h3-5,10,14-16H,6-9H2,1-2H3,(H2,24,25,26,28,29)/t15-/m1/s1. The van der Waals surface area contributed by atoms with Crippen molar-refractivity contribution >= 4 is 5.95 Å². The highest BCUT2D eigenvalue weighted by Gasteiger charge is 2.27. The molecule has 0 spiro atoms. The fourth-order valence-electron chi connectivity index (χ4n) is 3.38. The van der Waals surface area contributed by atoms with Crippen LogP contribution in [0.25, 0.3) is 0 Å². The molecule has 1 saturated heterocycles. The maximum atomic E-state index is 13.8. The largest absolute Gasteiger partial charge is 0.381 e. The Balaban J connectivity index is 1.91. The van der Waals surface area contributed by atoms with Gasteiger partial charge in [0.2, 0.25) is 5.95 Å². The van der Waals surface area contributed by atoms with E-state index in [-0.39, 0.29) is 17.6 Å². The summed E-state index contributed by atoms with van der Waals surface area (Å²) in [5.74, 6) is -0.330. The van der Waals surface area contributed by atoms with Crippen molar-refractivity contribution in [1.82, 2.24) is 14.5 Å². The van der Waals surface area contributed by atoms with Crippen molar-refractivity contribution in [3.05, 3.63) is 56.4 Å². The lowest BCUT2D eigenvalue weighted by Crippen LogP contribution is -2.42. The van der Waals surface area contributed by atoms with Gasteiger partial charge < -0.3 is 10.1 Å². The number of nitrogens with zero attached hydrogens (tertiary/aromatic N) is 3. The summed E-state index contributed by atoms with van der Waals surface area (Å²) in [4.78, 5) is 31.0. The minimum Gasteiger partial charge on any atom is -0.381 e. The van der Waals surface area contributed by atoms with Gasteiger partial charge in [0.05, 0.1) is 11.5 Å². The smallest absolute Gasteiger partial charge is 0.355 e. The van der Waals surface area contributed by atoms with Crippen LogP contribution < -0.4 is 16.7 Å². The van der Waals surface area contributed by atoms with Gasteiger partial charge in [0.15, 0.2) is 0 Å². The van der Waals surface area contributed by atoms with Crippen LogP contribution in [0.4, 0.5) is 14.7 Å². The van der Waals surface area contributed by atoms with E-state index in [4.69, 9.17) is 4.74 Å². The molecule has 3 rings (SSSR count). The number of H-pyrrole nitrogens is 1. The number of aromatic nitrogens is 3. The Morgan fingerprint density at radius 3 is 2.63 bits per heavy atom. The van der Waals surface area contributed by atoms with Crippen LogP contribution in [0.3, 0.4) is 0 Å². The number of hydrogen-bond acceptors (Lipinski definition) is 6. The predicted octanol–water partition coefficient (Wildman–Crippen LogP) is 2.50. The van der Waals surface area contributed by atoms with Crippen molar-refractivity contribution in [3.63, 3.8) is 0 Å². The Morgan fingerprint density at radius 2 is 2.03 bits per heavy atom. The third-order valence-electron chi connectivity index (χ3n) is 5.20. The second-order valence-corrected chi connectivity index (χ2v) is 7.71. The molecule has 1 aliphatic heterocycles. The number of nitriles is 1. The van der Waals surface area contributed by atoms with Crippen LogP contribution in [0, 0.1) is 11.3 Å². The van der Waals surface area contributed by atoms with Gasteiger partial charge >= 0.3 is 11.4 Å². The lowest BCUT2D eigenvalue weighted by atomic mass is 9.85. The Labute approximate surface area is 171 Å². The second-order valence-electron chi connectivity index (χ2n) is 7.71. The van der Waals surface area contributed by atoms with Crippen molar-refractivity contribution in [2.24, 2.45) is 0 Å². The molecule has 1 aromatic carbocycles. The molecule has 160 valence electrons. The Kier molecular flexibility index (Phi) is 6.31. The maximum absolute atomic E-state index is 13.8. The number of aromatic amines is 1. The number of halogens is 2. The number of nitrogens with one attached hydrogen (secondary N) is 2. The van der Waals surface area contributed by atoms with Crippen LogP contribution in [-0.2, 0) is 10.2 Å². The van der Waals surface area contributed by atoms with E-state index in [9.17, 15) is 23.6 Å². The third-order valence-corrected chi connectivity index (χ3v) is 5.20. The molecule has 1 fully saturated rings. The highest BCUT2D eigenvalue weighted by molar-refractivity contribution is 5.38. The first-order valence-electron chi connectivity index (χ1n) is 9.60. The second kappa shape index (κ2) is 8.75. The van der Waals surface area contributed by atoms with Gasteiger partial charge in [-0.1, -0.05) is 24.3 Å². The summed E-state index contributed by atoms with van der Waals surface area (Å²) in [5.41, 5.74) is -1.59. The number of hydrogen-bond donors (Lipinski definition) is 2. The molecule has 1 atom stereocenters. The van der Waals surface area contributed by atoms with E-state index in [1.807, 2.05) is 0 Å². The zero-order valence-corrected chi connectivity index (χ0v) is 16.7. The molecule has 2 aromatic rings. The van der Waals surface area contributed by atoms with Crippen LogP contribution in [-0.4, -0.2) is 34.2 Å². The average molecular weight is 419 g/mol. The third kappa shape index (κ3) is 4.57. The highest BCUT2D eigenvalue weighted by atomic mass is 19.3. The summed E-state index contributed by atoms with van der Waals surface area (Å²) in [6.45, 7) is 4.23. The summed E-state index contributed by atoms with van der Waals surface area (Å²) in [6.07, 6.45) is -1.86. The van der Waals surface area contributed by atoms with Gasteiger partial charge in [0.1, 0.15) is 6.04 Å². The van der Waals surface area contributed by atoms with Crippen LogP contribution in [0.5, 0.6) is 0 Å². The SMILES string of the molecule is CC(C)(C#N)c1cccc([C@@H](Nc2nc(=O)n(C3CCOCC3)c(=O)[nH]2)C(F)F)c1. The predicted molar refractivity (Wildman–Crippen MR) is 106 cm³/mol. The van der Waals surface area contributed by atoms with Crippen molar-refractivity contribution in [3.8, 4) is 6.07 Å². The molecule has 0 radical (unpaired) electrons. The molecule has 8 nitrogen and oxygen atoms in total. The first kappa shape index (κ1) is 21.6. The van der Waals surface area contributed by atoms with E-state index >= 15 is 0 Å². The fourth-order valence-corrected chi connectivity index (χ4v) is 3.38. The molecule has 10 heteroatoms. The van der Waals surface area contributed by atoms with E-state index in [1.165, 1.54) is 12.1 Å². The molecule has 2 N–H and O–H groups in total. The van der Waals surface area contributed by atoms with Crippen molar-refractivity contribution < 1.29 is 13.5 Å². The minimum atomic E-state index is -2.85. The lowest BCUT2D eigenvalue weighted by molar-refractivity contribution is 0.0670. The van der Waals surface area contributed by atoms with E-state index in [2.05, 4.69) is 21.4 Å². The number of rotatable bonds is 6. The summed E-state index contributed by atoms with van der Waals surface area (Å²) in [5, 5.41) is 11.8. The Bertz CT molecular complexity index is 1020. The minimum absolute atomic E-state index is 0.210. The lowest BCUT2D eigenvalue weighted by Gasteiger charge is -2.24. The normalized spacial score (nSPS) is 16.3. The van der Waals surface area contributed by atoms with Crippen LogP contribution in [0.2, 0.25) is 0 Å². The molecular weight excluding hydrogens is 396 g/mol. The molecule has 2 heterocycles. The zero-order valence-electron chi connectivity index (χ0n) is 16.7. The molecule has 0 bridgehead atoms. The molecule has 0 unspecified atom stereocenters. The summed E-state index contributed by atoms with van der Waals surface area (Å²) in [6, 6.07) is 6.53. The van der Waals surface area contributed by atoms with Gasteiger partial charge in [0.25, 0.3) is 6.43 Å². The Hall–Kier alpha value is -3.06. The number of alkyl halides is 2. The topological polar surface area (TPSA) is 113 Å². The maximum Gasteiger partial charge on any atom is 0.355 e. The molecule has 1 aromatic heterocycles. The molecule has 0 saturated carbocycles. The average Bonchev–Trinajstić information content (AvgIpc) is 2.72. The molecule has 30 heavy (non-hydrogen) atoms. The summed E-state index contributed by atoms with van der Waals surface area (Å²) in [7, 11) is 0. The zero-order chi connectivity index (χ0) is 21.9. The van der Waals surface area contributed by atoms with E-state index in [1.54, 1.807) is 26.0 Å².